The number of aromatic nitrogens is 2. The van der Waals surface area contributed by atoms with Crippen LogP contribution in [0.25, 0.3) is 0 Å². The molecular formula is C13H17N3O. The summed E-state index contributed by atoms with van der Waals surface area (Å²) in [6, 6.07) is 10.2. The van der Waals surface area contributed by atoms with E-state index in [0.717, 1.165) is 0 Å². The number of nitrogens with zero attached hydrogens (tertiary/aromatic N) is 2. The first-order chi connectivity index (χ1) is 8.22. The molecule has 0 amide bonds. The maximum atomic E-state index is 5.67. The van der Waals surface area contributed by atoms with Gasteiger partial charge < -0.3 is 9.73 Å². The average Bonchev–Trinajstić information content (AvgIpc) is 2.87. The highest BCUT2D eigenvalue weighted by molar-refractivity contribution is 5.23. The van der Waals surface area contributed by atoms with Crippen molar-refractivity contribution >= 4 is 0 Å². The zero-order chi connectivity index (χ0) is 12.3. The van der Waals surface area contributed by atoms with Crippen molar-refractivity contribution in [1.29, 1.82) is 0 Å². The molecule has 1 heterocycles. The monoisotopic (exact) mass is 231 g/mol. The topological polar surface area (TPSA) is 51.0 Å². The SMILES string of the molecule is CNC(C)c1nnc(C(C)c2ccccc2)o1. The molecule has 0 radical (unpaired) electrons. The van der Waals surface area contributed by atoms with E-state index in [1.165, 1.54) is 5.56 Å². The summed E-state index contributed by atoms with van der Waals surface area (Å²) in [6.45, 7) is 4.06. The van der Waals surface area contributed by atoms with Gasteiger partial charge in [-0.15, -0.1) is 10.2 Å². The van der Waals surface area contributed by atoms with E-state index < -0.39 is 0 Å². The van der Waals surface area contributed by atoms with Gasteiger partial charge in [-0.3, -0.25) is 0 Å². The average molecular weight is 231 g/mol. The Kier molecular flexibility index (Phi) is 3.54. The van der Waals surface area contributed by atoms with E-state index in [1.807, 2.05) is 32.2 Å². The molecule has 2 rings (SSSR count). The fraction of sp³-hybridized carbons (Fsp3) is 0.385. The van der Waals surface area contributed by atoms with Crippen LogP contribution in [0.4, 0.5) is 0 Å². The van der Waals surface area contributed by atoms with Gasteiger partial charge in [0.05, 0.1) is 12.0 Å². The van der Waals surface area contributed by atoms with Crippen LogP contribution in [-0.4, -0.2) is 17.2 Å². The molecule has 0 spiro atoms. The molecule has 17 heavy (non-hydrogen) atoms. The fourth-order valence-electron chi connectivity index (χ4n) is 1.60. The van der Waals surface area contributed by atoms with Gasteiger partial charge in [-0.25, -0.2) is 0 Å². The maximum absolute atomic E-state index is 5.67. The standard InChI is InChI=1S/C13H17N3O/c1-9(11-7-5-4-6-8-11)12-15-16-13(17-12)10(2)14-3/h4-10,14H,1-3H3. The molecule has 0 bridgehead atoms. The van der Waals surface area contributed by atoms with Crippen molar-refractivity contribution in [2.24, 2.45) is 0 Å². The van der Waals surface area contributed by atoms with Crippen LogP contribution in [0.5, 0.6) is 0 Å². The minimum atomic E-state index is 0.0826. The van der Waals surface area contributed by atoms with Gasteiger partial charge in [-0.2, -0.15) is 0 Å². The van der Waals surface area contributed by atoms with E-state index in [9.17, 15) is 0 Å². The number of nitrogens with one attached hydrogen (secondary N) is 1. The van der Waals surface area contributed by atoms with Crippen molar-refractivity contribution in [1.82, 2.24) is 15.5 Å². The molecule has 0 aliphatic heterocycles. The lowest BCUT2D eigenvalue weighted by Crippen LogP contribution is -2.12. The van der Waals surface area contributed by atoms with Gasteiger partial charge in [-0.05, 0) is 26.5 Å². The van der Waals surface area contributed by atoms with Crippen molar-refractivity contribution in [3.63, 3.8) is 0 Å². The Morgan fingerprint density at radius 3 is 2.35 bits per heavy atom. The van der Waals surface area contributed by atoms with Crippen molar-refractivity contribution in [2.75, 3.05) is 7.05 Å². The van der Waals surface area contributed by atoms with Crippen molar-refractivity contribution in [3.8, 4) is 0 Å². The smallest absolute Gasteiger partial charge is 0.233 e. The molecule has 0 fully saturated rings. The summed E-state index contributed by atoms with van der Waals surface area (Å²) in [5.74, 6) is 1.42. The van der Waals surface area contributed by atoms with E-state index in [0.29, 0.717) is 11.8 Å². The molecule has 0 aliphatic rings. The lowest BCUT2D eigenvalue weighted by molar-refractivity contribution is 0.398. The highest BCUT2D eigenvalue weighted by atomic mass is 16.4. The van der Waals surface area contributed by atoms with Gasteiger partial charge in [-0.1, -0.05) is 30.3 Å². The van der Waals surface area contributed by atoms with Gasteiger partial charge in [0.2, 0.25) is 11.8 Å². The summed E-state index contributed by atoms with van der Waals surface area (Å²) < 4.78 is 5.67. The molecule has 4 nitrogen and oxygen atoms in total. The second kappa shape index (κ2) is 5.10. The van der Waals surface area contributed by atoms with Crippen LogP contribution in [0.1, 0.15) is 43.2 Å². The molecular weight excluding hydrogens is 214 g/mol. The van der Waals surface area contributed by atoms with Crippen LogP contribution in [-0.2, 0) is 0 Å². The summed E-state index contributed by atoms with van der Waals surface area (Å²) in [5, 5.41) is 11.2. The van der Waals surface area contributed by atoms with Gasteiger partial charge in [0.25, 0.3) is 0 Å². The highest BCUT2D eigenvalue weighted by Crippen LogP contribution is 2.23. The minimum absolute atomic E-state index is 0.0826. The van der Waals surface area contributed by atoms with E-state index in [2.05, 4.69) is 34.6 Å². The highest BCUT2D eigenvalue weighted by Gasteiger charge is 2.17. The van der Waals surface area contributed by atoms with Crippen molar-refractivity contribution < 1.29 is 4.42 Å². The van der Waals surface area contributed by atoms with Gasteiger partial charge in [0.1, 0.15) is 0 Å². The second-order valence-electron chi connectivity index (χ2n) is 4.12. The van der Waals surface area contributed by atoms with Crippen LogP contribution in [0.2, 0.25) is 0 Å². The first-order valence-electron chi connectivity index (χ1n) is 5.78. The molecule has 0 saturated carbocycles. The zero-order valence-electron chi connectivity index (χ0n) is 10.3. The third-order valence-electron chi connectivity index (χ3n) is 2.93. The Balaban J connectivity index is 2.20. The molecule has 2 atom stereocenters. The number of benzene rings is 1. The number of hydrogen-bond donors (Lipinski definition) is 1. The number of rotatable bonds is 4. The molecule has 1 aromatic heterocycles. The van der Waals surface area contributed by atoms with Gasteiger partial charge in [0.15, 0.2) is 0 Å². The Hall–Kier alpha value is -1.68. The predicted octanol–water partition coefficient (Wildman–Crippen LogP) is 2.50. The van der Waals surface area contributed by atoms with E-state index >= 15 is 0 Å². The lowest BCUT2D eigenvalue weighted by Gasteiger charge is -2.07. The lowest BCUT2D eigenvalue weighted by atomic mass is 10.0. The molecule has 0 aliphatic carbocycles. The van der Waals surface area contributed by atoms with Crippen molar-refractivity contribution in [3.05, 3.63) is 47.7 Å². The van der Waals surface area contributed by atoms with E-state index in [-0.39, 0.29) is 12.0 Å². The normalized spacial score (nSPS) is 14.5. The zero-order valence-corrected chi connectivity index (χ0v) is 10.3. The van der Waals surface area contributed by atoms with Crippen LogP contribution < -0.4 is 5.32 Å². The Morgan fingerprint density at radius 2 is 1.71 bits per heavy atom. The molecule has 2 unspecified atom stereocenters. The van der Waals surface area contributed by atoms with Crippen molar-refractivity contribution in [2.45, 2.75) is 25.8 Å². The van der Waals surface area contributed by atoms with E-state index in [1.54, 1.807) is 0 Å². The molecule has 1 aromatic carbocycles. The first kappa shape index (κ1) is 11.8. The third-order valence-corrected chi connectivity index (χ3v) is 2.93. The van der Waals surface area contributed by atoms with Crippen LogP contribution in [0.3, 0.4) is 0 Å². The second-order valence-corrected chi connectivity index (χ2v) is 4.12. The number of hydrogen-bond acceptors (Lipinski definition) is 4. The van der Waals surface area contributed by atoms with Gasteiger partial charge in [0, 0.05) is 0 Å². The van der Waals surface area contributed by atoms with Gasteiger partial charge >= 0.3 is 0 Å². The molecule has 90 valence electrons. The van der Waals surface area contributed by atoms with Crippen LogP contribution >= 0.6 is 0 Å². The largest absolute Gasteiger partial charge is 0.423 e. The molecule has 1 N–H and O–H groups in total. The Labute approximate surface area is 101 Å². The maximum Gasteiger partial charge on any atom is 0.233 e. The molecule has 0 saturated heterocycles. The Bertz CT molecular complexity index is 467. The minimum Gasteiger partial charge on any atom is -0.423 e. The Morgan fingerprint density at radius 1 is 1.06 bits per heavy atom. The molecule has 4 heteroatoms. The van der Waals surface area contributed by atoms with E-state index in [4.69, 9.17) is 4.42 Å². The summed E-state index contributed by atoms with van der Waals surface area (Å²) in [6.07, 6.45) is 0. The summed E-state index contributed by atoms with van der Waals surface area (Å²) in [5.41, 5.74) is 1.18. The summed E-state index contributed by atoms with van der Waals surface area (Å²) in [4.78, 5) is 0. The fourth-order valence-corrected chi connectivity index (χ4v) is 1.60. The summed E-state index contributed by atoms with van der Waals surface area (Å²) in [7, 11) is 1.87. The quantitative estimate of drug-likeness (QED) is 0.878. The molecule has 2 aromatic rings. The first-order valence-corrected chi connectivity index (χ1v) is 5.78. The predicted molar refractivity (Wildman–Crippen MR) is 65.7 cm³/mol. The third kappa shape index (κ3) is 2.53. The van der Waals surface area contributed by atoms with Crippen LogP contribution in [0, 0.1) is 0 Å². The van der Waals surface area contributed by atoms with Crippen LogP contribution in [0.15, 0.2) is 34.7 Å². The summed E-state index contributed by atoms with van der Waals surface area (Å²) >= 11 is 0.